The Labute approximate surface area is 191 Å². The van der Waals surface area contributed by atoms with Gasteiger partial charge in [-0.05, 0) is 38.4 Å². The largest absolute Gasteiger partial charge is 0.349 e. The molecule has 0 bridgehead atoms. The van der Waals surface area contributed by atoms with Gasteiger partial charge in [0.15, 0.2) is 11.8 Å². The van der Waals surface area contributed by atoms with E-state index in [9.17, 15) is 0 Å². The van der Waals surface area contributed by atoms with Crippen molar-refractivity contribution in [2.45, 2.75) is 45.8 Å². The highest BCUT2D eigenvalue weighted by atomic mass is 127. The molecule has 7 nitrogen and oxygen atoms in total. The van der Waals surface area contributed by atoms with Crippen molar-refractivity contribution in [2.24, 2.45) is 12.0 Å². The van der Waals surface area contributed by atoms with Crippen LogP contribution in [0.4, 0.5) is 0 Å². The molecule has 0 radical (unpaired) electrons. The fraction of sp³-hybridized carbons (Fsp3) is 0.571. The van der Waals surface area contributed by atoms with E-state index in [1.54, 1.807) is 0 Å². The predicted octanol–water partition coefficient (Wildman–Crippen LogP) is 2.80. The third kappa shape index (κ3) is 6.40. The van der Waals surface area contributed by atoms with E-state index in [0.717, 1.165) is 30.7 Å². The Morgan fingerprint density at radius 3 is 2.69 bits per heavy atom. The number of likely N-dealkylation sites (N-methyl/N-ethyl adjacent to an activating group) is 2. The molecule has 2 aromatic rings. The molecule has 0 saturated carbocycles. The van der Waals surface area contributed by atoms with Gasteiger partial charge >= 0.3 is 0 Å². The molecular weight excluding hydrogens is 477 g/mol. The van der Waals surface area contributed by atoms with Crippen LogP contribution in [0.15, 0.2) is 35.3 Å². The van der Waals surface area contributed by atoms with E-state index in [-0.39, 0.29) is 24.0 Å². The minimum absolute atomic E-state index is 0. The lowest BCUT2D eigenvalue weighted by Gasteiger charge is -2.30. The summed E-state index contributed by atoms with van der Waals surface area (Å²) < 4.78 is 2.01. The summed E-state index contributed by atoms with van der Waals surface area (Å²) in [5.41, 5.74) is 1.21. The number of nitrogens with zero attached hydrogens (tertiary/aromatic N) is 6. The molecule has 1 atom stereocenters. The Morgan fingerprint density at radius 2 is 2.03 bits per heavy atom. The fourth-order valence-corrected chi connectivity index (χ4v) is 3.75. The summed E-state index contributed by atoms with van der Waals surface area (Å²) in [6.45, 7) is 8.78. The number of benzene rings is 1. The van der Waals surface area contributed by atoms with Gasteiger partial charge in [0, 0.05) is 26.7 Å². The Hall–Kier alpha value is -1.68. The number of hydrogen-bond acceptors (Lipinski definition) is 4. The summed E-state index contributed by atoms with van der Waals surface area (Å²) in [4.78, 5) is 9.72. The standard InChI is InChI=1S/C21H33N7.HI/c1-5-28-13-9-12-19(28)16-26(3)21(22-14-18-10-7-6-8-11-18)23-15-20-25-24-17(2)27(20)4;/h6-8,10-11,19H,5,9,12-16H2,1-4H3,(H,22,23);1H. The smallest absolute Gasteiger partial charge is 0.194 e. The number of aryl methyl sites for hydroxylation is 1. The number of hydrogen-bond donors (Lipinski definition) is 1. The molecule has 1 aromatic carbocycles. The minimum atomic E-state index is 0. The van der Waals surface area contributed by atoms with Gasteiger partial charge in [0.05, 0.1) is 13.1 Å². The predicted molar refractivity (Wildman–Crippen MR) is 128 cm³/mol. The van der Waals surface area contributed by atoms with Crippen molar-refractivity contribution >= 4 is 29.9 Å². The molecule has 1 unspecified atom stereocenters. The minimum Gasteiger partial charge on any atom is -0.349 e. The van der Waals surface area contributed by atoms with Crippen molar-refractivity contribution in [2.75, 3.05) is 26.7 Å². The van der Waals surface area contributed by atoms with Gasteiger partial charge in [-0.15, -0.1) is 34.2 Å². The number of halogens is 1. The van der Waals surface area contributed by atoms with Crippen molar-refractivity contribution in [1.29, 1.82) is 0 Å². The molecule has 8 heteroatoms. The topological polar surface area (TPSA) is 61.6 Å². The van der Waals surface area contributed by atoms with Crippen LogP contribution in [0.1, 0.15) is 37.0 Å². The average molecular weight is 511 g/mol. The molecule has 1 aromatic heterocycles. The maximum atomic E-state index is 4.89. The van der Waals surface area contributed by atoms with Crippen molar-refractivity contribution in [3.63, 3.8) is 0 Å². The Balaban J connectivity index is 0.00000300. The fourth-order valence-electron chi connectivity index (χ4n) is 3.75. The summed E-state index contributed by atoms with van der Waals surface area (Å²) in [6, 6.07) is 11.0. The first-order chi connectivity index (χ1) is 13.6. The maximum Gasteiger partial charge on any atom is 0.194 e. The number of nitrogens with one attached hydrogen (secondary N) is 1. The van der Waals surface area contributed by atoms with Gasteiger partial charge in [-0.25, -0.2) is 4.99 Å². The molecule has 160 valence electrons. The van der Waals surface area contributed by atoms with Gasteiger partial charge in [0.25, 0.3) is 0 Å². The van der Waals surface area contributed by atoms with Crippen LogP contribution in [-0.2, 0) is 20.1 Å². The first kappa shape index (κ1) is 23.6. The summed E-state index contributed by atoms with van der Waals surface area (Å²) >= 11 is 0. The van der Waals surface area contributed by atoms with Crippen LogP contribution in [0.25, 0.3) is 0 Å². The van der Waals surface area contributed by atoms with Gasteiger partial charge in [0.1, 0.15) is 5.82 Å². The van der Waals surface area contributed by atoms with E-state index in [0.29, 0.717) is 19.1 Å². The summed E-state index contributed by atoms with van der Waals surface area (Å²) in [6.07, 6.45) is 2.54. The normalized spacial score (nSPS) is 17.2. The lowest BCUT2D eigenvalue weighted by Crippen LogP contribution is -2.46. The van der Waals surface area contributed by atoms with Crippen LogP contribution in [0, 0.1) is 6.92 Å². The second kappa shape index (κ2) is 11.5. The second-order valence-corrected chi connectivity index (χ2v) is 7.51. The van der Waals surface area contributed by atoms with Crippen molar-refractivity contribution in [1.82, 2.24) is 29.9 Å². The first-order valence-corrected chi connectivity index (χ1v) is 10.2. The van der Waals surface area contributed by atoms with E-state index >= 15 is 0 Å². The number of rotatable bonds is 7. The Morgan fingerprint density at radius 1 is 1.28 bits per heavy atom. The van der Waals surface area contributed by atoms with E-state index in [1.807, 2.05) is 24.6 Å². The molecule has 0 amide bonds. The lowest BCUT2D eigenvalue weighted by molar-refractivity contribution is 0.232. The maximum absolute atomic E-state index is 4.89. The molecule has 3 rings (SSSR count). The molecule has 1 saturated heterocycles. The van der Waals surface area contributed by atoms with Gasteiger partial charge in [-0.3, -0.25) is 4.90 Å². The molecule has 2 heterocycles. The van der Waals surface area contributed by atoms with Crippen LogP contribution >= 0.6 is 24.0 Å². The highest BCUT2D eigenvalue weighted by Crippen LogP contribution is 2.17. The summed E-state index contributed by atoms with van der Waals surface area (Å²) in [5, 5.41) is 11.9. The molecule has 1 aliphatic heterocycles. The number of guanidine groups is 1. The number of aromatic nitrogens is 3. The van der Waals surface area contributed by atoms with Gasteiger partial charge in [0.2, 0.25) is 0 Å². The highest BCUT2D eigenvalue weighted by molar-refractivity contribution is 14.0. The van der Waals surface area contributed by atoms with E-state index in [2.05, 4.69) is 63.6 Å². The molecule has 1 fully saturated rings. The Bertz CT molecular complexity index is 775. The van der Waals surface area contributed by atoms with E-state index in [4.69, 9.17) is 4.99 Å². The molecule has 1 N–H and O–H groups in total. The Kier molecular flexibility index (Phi) is 9.35. The molecular formula is C21H34IN7. The van der Waals surface area contributed by atoms with E-state index < -0.39 is 0 Å². The van der Waals surface area contributed by atoms with Crippen molar-refractivity contribution in [3.8, 4) is 0 Å². The molecule has 0 aliphatic carbocycles. The SMILES string of the molecule is CCN1CCCC1CN(C)C(=NCc1ccccc1)NCc1nnc(C)n1C.I. The monoisotopic (exact) mass is 511 g/mol. The number of aliphatic imine (C=N–C) groups is 1. The second-order valence-electron chi connectivity index (χ2n) is 7.51. The van der Waals surface area contributed by atoms with Crippen LogP contribution in [0.5, 0.6) is 0 Å². The zero-order chi connectivity index (χ0) is 19.9. The van der Waals surface area contributed by atoms with Crippen LogP contribution in [-0.4, -0.2) is 63.2 Å². The van der Waals surface area contributed by atoms with E-state index in [1.165, 1.54) is 24.9 Å². The summed E-state index contributed by atoms with van der Waals surface area (Å²) in [7, 11) is 4.12. The van der Waals surface area contributed by atoms with Crippen molar-refractivity contribution < 1.29 is 0 Å². The van der Waals surface area contributed by atoms with Crippen LogP contribution < -0.4 is 5.32 Å². The average Bonchev–Trinajstić information content (AvgIpc) is 3.29. The quantitative estimate of drug-likeness (QED) is 0.352. The van der Waals surface area contributed by atoms with Gasteiger partial charge in [-0.1, -0.05) is 37.3 Å². The third-order valence-electron chi connectivity index (χ3n) is 5.59. The molecule has 29 heavy (non-hydrogen) atoms. The van der Waals surface area contributed by atoms with Crippen molar-refractivity contribution in [3.05, 3.63) is 47.5 Å². The van der Waals surface area contributed by atoms with Crippen LogP contribution in [0.3, 0.4) is 0 Å². The van der Waals surface area contributed by atoms with Crippen LogP contribution in [0.2, 0.25) is 0 Å². The van der Waals surface area contributed by atoms with Gasteiger partial charge in [-0.2, -0.15) is 0 Å². The highest BCUT2D eigenvalue weighted by Gasteiger charge is 2.25. The molecule has 0 spiro atoms. The molecule has 1 aliphatic rings. The zero-order valence-corrected chi connectivity index (χ0v) is 20.3. The number of likely N-dealkylation sites (tertiary alicyclic amines) is 1. The lowest BCUT2D eigenvalue weighted by atomic mass is 10.2. The van der Waals surface area contributed by atoms with Gasteiger partial charge < -0.3 is 14.8 Å². The summed E-state index contributed by atoms with van der Waals surface area (Å²) in [5.74, 6) is 2.74. The first-order valence-electron chi connectivity index (χ1n) is 10.2. The zero-order valence-electron chi connectivity index (χ0n) is 18.0. The third-order valence-corrected chi connectivity index (χ3v) is 5.59.